The third-order valence-corrected chi connectivity index (χ3v) is 4.70. The van der Waals surface area contributed by atoms with Gasteiger partial charge in [-0.3, -0.25) is 9.11 Å². The van der Waals surface area contributed by atoms with E-state index in [0.29, 0.717) is 0 Å². The lowest BCUT2D eigenvalue weighted by molar-refractivity contribution is 0.291. The van der Waals surface area contributed by atoms with Crippen LogP contribution in [-0.4, -0.2) is 33.7 Å². The Labute approximate surface area is 107 Å². The van der Waals surface area contributed by atoms with Crippen molar-refractivity contribution in [1.82, 2.24) is 4.90 Å². The average Bonchev–Trinajstić information content (AvgIpc) is 2.27. The maximum Gasteiger partial charge on any atom is 0.0458 e. The van der Waals surface area contributed by atoms with Crippen molar-refractivity contribution in [3.05, 3.63) is 28.2 Å². The number of nitrogens with zero attached hydrogens (tertiary/aromatic N) is 1. The average molecular weight is 303 g/mol. The zero-order chi connectivity index (χ0) is 11.5. The Balaban J connectivity index is 1.98. The molecule has 0 unspecified atom stereocenters. The topological polar surface area (TPSA) is 46.3 Å². The summed E-state index contributed by atoms with van der Waals surface area (Å²) in [6.45, 7) is 2.76. The van der Waals surface area contributed by atoms with Gasteiger partial charge in [-0.05, 0) is 33.6 Å². The molecule has 0 saturated carbocycles. The molecule has 1 heterocycles. The molecule has 3 nitrogen and oxygen atoms in total. The molecule has 0 amide bonds. The van der Waals surface area contributed by atoms with Gasteiger partial charge in [0.15, 0.2) is 0 Å². The lowest BCUT2D eigenvalue weighted by Crippen LogP contribution is -2.37. The van der Waals surface area contributed by atoms with Gasteiger partial charge in [-0.1, -0.05) is 6.07 Å². The van der Waals surface area contributed by atoms with Crippen LogP contribution in [-0.2, 0) is 17.3 Å². The maximum absolute atomic E-state index is 11.2. The van der Waals surface area contributed by atoms with Gasteiger partial charge in [0.05, 0.1) is 0 Å². The number of rotatable bonds is 2. The van der Waals surface area contributed by atoms with Crippen LogP contribution < -0.4 is 5.73 Å². The summed E-state index contributed by atoms with van der Waals surface area (Å²) in [5, 5.41) is 0. The highest BCUT2D eigenvalue weighted by Gasteiger charge is 2.15. The predicted octanol–water partition coefficient (Wildman–Crippen LogP) is 1.60. The van der Waals surface area contributed by atoms with Gasteiger partial charge < -0.3 is 5.73 Å². The molecule has 2 N–H and O–H groups in total. The van der Waals surface area contributed by atoms with Gasteiger partial charge in [-0.15, -0.1) is 0 Å². The van der Waals surface area contributed by atoms with Crippen LogP contribution in [0.3, 0.4) is 0 Å². The highest BCUT2D eigenvalue weighted by atomic mass is 79.9. The Bertz CT molecular complexity index is 401. The van der Waals surface area contributed by atoms with Gasteiger partial charge in [0, 0.05) is 52.1 Å². The Morgan fingerprint density at radius 2 is 2.06 bits per heavy atom. The summed E-state index contributed by atoms with van der Waals surface area (Å²) in [7, 11) is -0.598. The highest BCUT2D eigenvalue weighted by Crippen LogP contribution is 2.21. The maximum atomic E-state index is 11.2. The zero-order valence-corrected chi connectivity index (χ0v) is 11.4. The molecule has 1 aromatic carbocycles. The minimum absolute atomic E-state index is 0.598. The quantitative estimate of drug-likeness (QED) is 0.844. The van der Waals surface area contributed by atoms with E-state index in [1.54, 1.807) is 0 Å². The van der Waals surface area contributed by atoms with Crippen LogP contribution in [0.25, 0.3) is 0 Å². The van der Waals surface area contributed by atoms with Crippen LogP contribution >= 0.6 is 15.9 Å². The van der Waals surface area contributed by atoms with E-state index in [-0.39, 0.29) is 0 Å². The Morgan fingerprint density at radius 1 is 1.38 bits per heavy atom. The van der Waals surface area contributed by atoms with Crippen LogP contribution in [0.5, 0.6) is 0 Å². The summed E-state index contributed by atoms with van der Waals surface area (Å²) in [5.74, 6) is 1.60. The van der Waals surface area contributed by atoms with E-state index in [1.807, 2.05) is 12.1 Å². The van der Waals surface area contributed by atoms with Crippen LogP contribution in [0, 0.1) is 0 Å². The molecular weight excluding hydrogens is 288 g/mol. The molecular formula is C11H15BrN2OS. The normalized spacial score (nSPS) is 18.8. The van der Waals surface area contributed by atoms with Crippen molar-refractivity contribution < 1.29 is 4.21 Å². The molecule has 0 bridgehead atoms. The van der Waals surface area contributed by atoms with Crippen LogP contribution in [0.1, 0.15) is 5.56 Å². The fourth-order valence-electron chi connectivity index (χ4n) is 1.76. The molecule has 1 aliphatic rings. The van der Waals surface area contributed by atoms with E-state index in [2.05, 4.69) is 26.9 Å². The standard InChI is InChI=1S/C11H15BrN2OS/c12-10-7-9(1-2-11(10)13)8-14-3-5-16(15)6-4-14/h1-2,7H,3-6,8,13H2. The largest absolute Gasteiger partial charge is 0.398 e. The number of halogens is 1. The second kappa shape index (κ2) is 5.29. The Kier molecular flexibility index (Phi) is 4.00. The summed E-state index contributed by atoms with van der Waals surface area (Å²) in [4.78, 5) is 2.33. The monoisotopic (exact) mass is 302 g/mol. The number of nitrogen functional groups attached to an aromatic ring is 1. The summed E-state index contributed by atoms with van der Waals surface area (Å²) >= 11 is 3.43. The third-order valence-electron chi connectivity index (χ3n) is 2.74. The molecule has 0 spiro atoms. The number of nitrogens with two attached hydrogens (primary N) is 1. The molecule has 0 aliphatic carbocycles. The first-order chi connectivity index (χ1) is 7.65. The molecule has 5 heteroatoms. The van der Waals surface area contributed by atoms with Crippen LogP contribution in [0.15, 0.2) is 22.7 Å². The van der Waals surface area contributed by atoms with E-state index < -0.39 is 10.8 Å². The smallest absolute Gasteiger partial charge is 0.0458 e. The second-order valence-corrected chi connectivity index (χ2v) is 6.53. The summed E-state index contributed by atoms with van der Waals surface area (Å²) < 4.78 is 12.2. The molecule has 0 aromatic heterocycles. The lowest BCUT2D eigenvalue weighted by atomic mass is 10.2. The molecule has 0 atom stereocenters. The predicted molar refractivity (Wildman–Crippen MR) is 71.7 cm³/mol. The Morgan fingerprint density at radius 3 is 2.69 bits per heavy atom. The van der Waals surface area contributed by atoms with Gasteiger partial charge in [0.25, 0.3) is 0 Å². The molecule has 16 heavy (non-hydrogen) atoms. The summed E-state index contributed by atoms with van der Waals surface area (Å²) in [6, 6.07) is 6.02. The number of benzene rings is 1. The van der Waals surface area contributed by atoms with Gasteiger partial charge in [-0.2, -0.15) is 0 Å². The second-order valence-electron chi connectivity index (χ2n) is 3.98. The lowest BCUT2D eigenvalue weighted by Gasteiger charge is -2.26. The van der Waals surface area contributed by atoms with E-state index >= 15 is 0 Å². The van der Waals surface area contributed by atoms with Gasteiger partial charge in [-0.25, -0.2) is 0 Å². The van der Waals surface area contributed by atoms with Crippen molar-refractivity contribution in [2.75, 3.05) is 30.3 Å². The molecule has 0 radical (unpaired) electrons. The van der Waals surface area contributed by atoms with Crippen molar-refractivity contribution in [2.45, 2.75) is 6.54 Å². The fraction of sp³-hybridized carbons (Fsp3) is 0.455. The van der Waals surface area contributed by atoms with Gasteiger partial charge in [0.2, 0.25) is 0 Å². The third kappa shape index (κ3) is 3.06. The molecule has 1 saturated heterocycles. The fourth-order valence-corrected chi connectivity index (χ4v) is 3.31. The zero-order valence-electron chi connectivity index (χ0n) is 8.99. The van der Waals surface area contributed by atoms with Crippen molar-refractivity contribution in [2.24, 2.45) is 0 Å². The molecule has 2 rings (SSSR count). The van der Waals surface area contributed by atoms with Crippen LogP contribution in [0.4, 0.5) is 5.69 Å². The minimum Gasteiger partial charge on any atom is -0.398 e. The van der Waals surface area contributed by atoms with E-state index in [4.69, 9.17) is 5.73 Å². The van der Waals surface area contributed by atoms with Gasteiger partial charge in [0.1, 0.15) is 0 Å². The van der Waals surface area contributed by atoms with Crippen molar-refractivity contribution in [1.29, 1.82) is 0 Å². The van der Waals surface area contributed by atoms with E-state index in [0.717, 1.165) is 41.3 Å². The SMILES string of the molecule is Nc1ccc(CN2CCS(=O)CC2)cc1Br. The van der Waals surface area contributed by atoms with Gasteiger partial charge >= 0.3 is 0 Å². The number of hydrogen-bond acceptors (Lipinski definition) is 3. The van der Waals surface area contributed by atoms with Crippen molar-refractivity contribution in [3.8, 4) is 0 Å². The highest BCUT2D eigenvalue weighted by molar-refractivity contribution is 9.10. The number of hydrogen-bond donors (Lipinski definition) is 1. The van der Waals surface area contributed by atoms with E-state index in [9.17, 15) is 4.21 Å². The molecule has 1 aliphatic heterocycles. The molecule has 1 fully saturated rings. The summed E-state index contributed by atoms with van der Waals surface area (Å²) in [6.07, 6.45) is 0. The Hall–Kier alpha value is -0.390. The van der Waals surface area contributed by atoms with Crippen LogP contribution in [0.2, 0.25) is 0 Å². The molecule has 88 valence electrons. The van der Waals surface area contributed by atoms with E-state index in [1.165, 1.54) is 5.56 Å². The first kappa shape index (κ1) is 12.1. The minimum atomic E-state index is -0.598. The number of anilines is 1. The van der Waals surface area contributed by atoms with Crippen molar-refractivity contribution >= 4 is 32.4 Å². The van der Waals surface area contributed by atoms with Crippen molar-refractivity contribution in [3.63, 3.8) is 0 Å². The summed E-state index contributed by atoms with van der Waals surface area (Å²) in [5.41, 5.74) is 7.75. The molecule has 1 aromatic rings. The first-order valence-electron chi connectivity index (χ1n) is 5.26. The first-order valence-corrected chi connectivity index (χ1v) is 7.54.